The van der Waals surface area contributed by atoms with Gasteiger partial charge < -0.3 is 0 Å². The van der Waals surface area contributed by atoms with E-state index in [0.29, 0.717) is 15.4 Å². The molecule has 0 unspecified atom stereocenters. The molecule has 0 saturated heterocycles. The minimum atomic E-state index is -0.733. The highest BCUT2D eigenvalue weighted by Gasteiger charge is 2.13. The van der Waals surface area contributed by atoms with Crippen molar-refractivity contribution in [2.75, 3.05) is 0 Å². The molecule has 0 heterocycles. The first kappa shape index (κ1) is 11.1. The third-order valence-corrected chi connectivity index (χ3v) is 2.63. The average Bonchev–Trinajstić information content (AvgIpc) is 2.16. The van der Waals surface area contributed by atoms with Gasteiger partial charge in [-0.1, -0.05) is 0 Å². The summed E-state index contributed by atoms with van der Waals surface area (Å²) in [4.78, 5) is 21.4. The lowest BCUT2D eigenvalue weighted by Crippen LogP contribution is -1.99. The molecule has 0 atom stereocenters. The molecule has 0 fully saturated rings. The van der Waals surface area contributed by atoms with Gasteiger partial charge in [0, 0.05) is 9.13 Å². The second-order valence-corrected chi connectivity index (χ2v) is 3.93. The third-order valence-electron chi connectivity index (χ3n) is 1.57. The first-order chi connectivity index (χ1) is 6.60. The summed E-state index contributed by atoms with van der Waals surface area (Å²) in [7, 11) is 0. The summed E-state index contributed by atoms with van der Waals surface area (Å²) in [5.41, 5.74) is 0.608. The molecule has 5 heteroatoms. The van der Waals surface area contributed by atoms with E-state index in [-0.39, 0.29) is 11.1 Å². The van der Waals surface area contributed by atoms with Gasteiger partial charge in [-0.15, -0.1) is 0 Å². The van der Waals surface area contributed by atoms with Gasteiger partial charge in [-0.05, 0) is 46.3 Å². The molecule has 3 nitrogen and oxygen atoms in total. The highest BCUT2D eigenvalue weighted by atomic mass is 127. The smallest absolute Gasteiger partial charge is 0.253 e. The molecule has 0 aliphatic rings. The fourth-order valence-electron chi connectivity index (χ4n) is 0.964. The first-order valence-electron chi connectivity index (χ1n) is 3.48. The molecule has 70 valence electrons. The van der Waals surface area contributed by atoms with Crippen molar-refractivity contribution in [1.82, 2.24) is 0 Å². The van der Waals surface area contributed by atoms with E-state index in [2.05, 4.69) is 0 Å². The Hall–Kier alpha value is -0.930. The molecule has 1 aromatic rings. The predicted octanol–water partition coefficient (Wildman–Crippen LogP) is 2.35. The quantitative estimate of drug-likeness (QED) is 0.478. The number of hydrogen-bond donors (Lipinski definition) is 0. The van der Waals surface area contributed by atoms with Gasteiger partial charge >= 0.3 is 0 Å². The summed E-state index contributed by atoms with van der Waals surface area (Å²) in [5, 5.41) is 8.02. The van der Waals surface area contributed by atoms with E-state index in [1.54, 1.807) is 0 Å². The van der Waals surface area contributed by atoms with E-state index < -0.39 is 5.24 Å². The van der Waals surface area contributed by atoms with Gasteiger partial charge in [-0.3, -0.25) is 9.59 Å². The van der Waals surface area contributed by atoms with Crippen molar-refractivity contribution < 1.29 is 9.59 Å². The fraction of sp³-hybridized carbons (Fsp3) is 0. The van der Waals surface area contributed by atoms with E-state index in [4.69, 9.17) is 16.9 Å². The monoisotopic (exact) mass is 319 g/mol. The Morgan fingerprint density at radius 2 is 2.21 bits per heavy atom. The summed E-state index contributed by atoms with van der Waals surface area (Å²) in [5.74, 6) is 0. The van der Waals surface area contributed by atoms with Crippen molar-refractivity contribution in [3.63, 3.8) is 0 Å². The minimum Gasteiger partial charge on any atom is -0.298 e. The van der Waals surface area contributed by atoms with Crippen LogP contribution in [0.25, 0.3) is 0 Å². The van der Waals surface area contributed by atoms with E-state index in [1.165, 1.54) is 12.1 Å². The van der Waals surface area contributed by atoms with Crippen LogP contribution in [0.15, 0.2) is 12.1 Å². The molecule has 0 spiro atoms. The standard InChI is InChI=1S/C9H3ClINO2/c10-9(14)6-1-5(4-13)2-8(11)7(6)3-12/h1-2,4H. The molecule has 14 heavy (non-hydrogen) atoms. The van der Waals surface area contributed by atoms with Crippen LogP contribution in [0.2, 0.25) is 0 Å². The molecule has 0 radical (unpaired) electrons. The van der Waals surface area contributed by atoms with Crippen LogP contribution >= 0.6 is 34.2 Å². The number of aldehydes is 1. The van der Waals surface area contributed by atoms with Gasteiger partial charge in [0.1, 0.15) is 12.4 Å². The third kappa shape index (κ3) is 2.11. The second kappa shape index (κ2) is 4.53. The highest BCUT2D eigenvalue weighted by molar-refractivity contribution is 14.1. The number of carbonyl (C=O) groups is 2. The molecule has 0 saturated carbocycles. The zero-order chi connectivity index (χ0) is 10.7. The van der Waals surface area contributed by atoms with Gasteiger partial charge in [0.15, 0.2) is 0 Å². The Balaban J connectivity index is 3.53. The maximum Gasteiger partial charge on any atom is 0.253 e. The molecular formula is C9H3ClINO2. The zero-order valence-electron chi connectivity index (χ0n) is 6.75. The van der Waals surface area contributed by atoms with E-state index in [9.17, 15) is 9.59 Å². The van der Waals surface area contributed by atoms with Crippen LogP contribution in [0.1, 0.15) is 26.3 Å². The van der Waals surface area contributed by atoms with E-state index in [0.717, 1.165) is 0 Å². The van der Waals surface area contributed by atoms with Gasteiger partial charge in [0.25, 0.3) is 5.24 Å². The number of halogens is 2. The largest absolute Gasteiger partial charge is 0.298 e. The van der Waals surface area contributed by atoms with E-state index in [1.807, 2.05) is 28.7 Å². The van der Waals surface area contributed by atoms with Crippen LogP contribution in [-0.4, -0.2) is 11.5 Å². The SMILES string of the molecule is N#Cc1c(I)cc(C=O)cc1C(=O)Cl. The summed E-state index contributed by atoms with van der Waals surface area (Å²) in [6, 6.07) is 4.70. The minimum absolute atomic E-state index is 0.0724. The van der Waals surface area contributed by atoms with Crippen LogP contribution < -0.4 is 0 Å². The van der Waals surface area contributed by atoms with Crippen LogP contribution in [0.5, 0.6) is 0 Å². The molecule has 0 N–H and O–H groups in total. The predicted molar refractivity (Wildman–Crippen MR) is 59.4 cm³/mol. The Kier molecular flexibility index (Phi) is 3.61. The number of hydrogen-bond acceptors (Lipinski definition) is 3. The molecule has 0 aromatic heterocycles. The Bertz CT molecular complexity index is 451. The Morgan fingerprint density at radius 1 is 1.57 bits per heavy atom. The van der Waals surface area contributed by atoms with Crippen LogP contribution in [-0.2, 0) is 0 Å². The summed E-state index contributed by atoms with van der Waals surface area (Å²) in [6.07, 6.45) is 0.604. The first-order valence-corrected chi connectivity index (χ1v) is 4.94. The van der Waals surface area contributed by atoms with Crippen molar-refractivity contribution in [3.8, 4) is 6.07 Å². The molecule has 0 bridgehead atoms. The zero-order valence-corrected chi connectivity index (χ0v) is 9.67. The molecule has 0 aliphatic carbocycles. The average molecular weight is 319 g/mol. The maximum absolute atomic E-state index is 10.9. The van der Waals surface area contributed by atoms with Gasteiger partial charge in [0.05, 0.1) is 11.1 Å². The van der Waals surface area contributed by atoms with Crippen LogP contribution in [0, 0.1) is 14.9 Å². The van der Waals surface area contributed by atoms with E-state index >= 15 is 0 Å². The lowest BCUT2D eigenvalue weighted by atomic mass is 10.1. The molecular weight excluding hydrogens is 316 g/mol. The Morgan fingerprint density at radius 3 is 2.64 bits per heavy atom. The van der Waals surface area contributed by atoms with Crippen molar-refractivity contribution in [2.24, 2.45) is 0 Å². The normalized spacial score (nSPS) is 9.21. The summed E-state index contributed by atoms with van der Waals surface area (Å²) in [6.45, 7) is 0. The summed E-state index contributed by atoms with van der Waals surface area (Å²) < 4.78 is 0.540. The van der Waals surface area contributed by atoms with Gasteiger partial charge in [0.2, 0.25) is 0 Å². The number of nitrogens with zero attached hydrogens (tertiary/aromatic N) is 1. The topological polar surface area (TPSA) is 57.9 Å². The fourth-order valence-corrected chi connectivity index (χ4v) is 1.88. The number of rotatable bonds is 2. The van der Waals surface area contributed by atoms with Crippen molar-refractivity contribution in [3.05, 3.63) is 32.4 Å². The maximum atomic E-state index is 10.9. The Labute approximate surface area is 98.8 Å². The van der Waals surface area contributed by atoms with Crippen LogP contribution in [0.3, 0.4) is 0 Å². The lowest BCUT2D eigenvalue weighted by Gasteiger charge is -2.01. The van der Waals surface area contributed by atoms with Gasteiger partial charge in [-0.25, -0.2) is 0 Å². The number of carbonyl (C=O) groups excluding carboxylic acids is 2. The van der Waals surface area contributed by atoms with Crippen molar-refractivity contribution in [2.45, 2.75) is 0 Å². The molecule has 0 amide bonds. The lowest BCUT2D eigenvalue weighted by molar-refractivity contribution is 0.108. The highest BCUT2D eigenvalue weighted by Crippen LogP contribution is 2.19. The second-order valence-electron chi connectivity index (χ2n) is 2.43. The number of benzene rings is 1. The molecule has 1 aromatic carbocycles. The number of nitriles is 1. The molecule has 0 aliphatic heterocycles. The van der Waals surface area contributed by atoms with Gasteiger partial charge in [-0.2, -0.15) is 5.26 Å². The van der Waals surface area contributed by atoms with Crippen molar-refractivity contribution in [1.29, 1.82) is 5.26 Å². The molecule has 1 rings (SSSR count). The summed E-state index contributed by atoms with van der Waals surface area (Å²) >= 11 is 7.15. The van der Waals surface area contributed by atoms with Crippen LogP contribution in [0.4, 0.5) is 0 Å². The van der Waals surface area contributed by atoms with Crippen molar-refractivity contribution >= 4 is 45.7 Å².